The van der Waals surface area contributed by atoms with E-state index in [1.807, 2.05) is 0 Å². The van der Waals surface area contributed by atoms with E-state index in [-0.39, 0.29) is 5.56 Å². The third kappa shape index (κ3) is 2.82. The van der Waals surface area contributed by atoms with Crippen LogP contribution in [0.2, 0.25) is 0 Å². The number of benzene rings is 1. The Hall–Kier alpha value is -1.61. The highest BCUT2D eigenvalue weighted by Crippen LogP contribution is 2.43. The maximum absolute atomic E-state index is 13.2. The maximum atomic E-state index is 13.2. The number of carbonyl (C=O) groups excluding carboxylic acids is 2. The molecule has 1 aliphatic heterocycles. The number of hydrogen-bond donors (Lipinski definition) is 3. The van der Waals surface area contributed by atoms with Gasteiger partial charge in [-0.2, -0.15) is 13.2 Å². The SMILES string of the molecule is CC(=O)[C@@H]1[C@H](c2cccc(Br)c2)NC(=O)N[C@]1(O)C(F)(F)F. The molecule has 0 radical (unpaired) electrons. The summed E-state index contributed by atoms with van der Waals surface area (Å²) in [4.78, 5) is 23.3. The predicted molar refractivity (Wildman–Crippen MR) is 73.7 cm³/mol. The molecule has 1 fully saturated rings. The first kappa shape index (κ1) is 16.8. The highest BCUT2D eigenvalue weighted by Gasteiger charge is 2.65. The van der Waals surface area contributed by atoms with E-state index < -0.39 is 35.7 Å². The van der Waals surface area contributed by atoms with Crippen molar-refractivity contribution in [1.29, 1.82) is 0 Å². The van der Waals surface area contributed by atoms with Crippen LogP contribution in [0.4, 0.5) is 18.0 Å². The molecule has 0 aromatic heterocycles. The van der Waals surface area contributed by atoms with Gasteiger partial charge in [-0.15, -0.1) is 0 Å². The zero-order valence-electron chi connectivity index (χ0n) is 11.2. The summed E-state index contributed by atoms with van der Waals surface area (Å²) in [5.41, 5.74) is -3.36. The van der Waals surface area contributed by atoms with Gasteiger partial charge in [0.05, 0.1) is 12.0 Å². The Bertz CT molecular complexity index is 623. The number of carbonyl (C=O) groups is 2. The first-order chi connectivity index (χ1) is 10.1. The fourth-order valence-electron chi connectivity index (χ4n) is 2.50. The molecule has 0 saturated carbocycles. The van der Waals surface area contributed by atoms with Gasteiger partial charge in [-0.1, -0.05) is 28.1 Å². The molecule has 3 atom stereocenters. The smallest absolute Gasteiger partial charge is 0.363 e. The lowest BCUT2D eigenvalue weighted by atomic mass is 9.79. The molecular formula is C13H12BrF3N2O3. The summed E-state index contributed by atoms with van der Waals surface area (Å²) in [6, 6.07) is 3.62. The Labute approximate surface area is 132 Å². The number of Topliss-reactive ketones (excluding diaryl/α,β-unsaturated/α-hetero) is 1. The molecule has 120 valence electrons. The van der Waals surface area contributed by atoms with Gasteiger partial charge in [0.1, 0.15) is 5.78 Å². The van der Waals surface area contributed by atoms with Gasteiger partial charge >= 0.3 is 12.2 Å². The quantitative estimate of drug-likeness (QED) is 0.736. The molecule has 0 unspecified atom stereocenters. The van der Waals surface area contributed by atoms with Gasteiger partial charge < -0.3 is 15.7 Å². The maximum Gasteiger partial charge on any atom is 0.437 e. The summed E-state index contributed by atoms with van der Waals surface area (Å²) in [6.45, 7) is 0.936. The molecule has 0 aliphatic carbocycles. The Balaban J connectivity index is 2.57. The molecule has 9 heteroatoms. The van der Waals surface area contributed by atoms with Crippen LogP contribution in [0.1, 0.15) is 18.5 Å². The zero-order chi connectivity index (χ0) is 16.7. The fourth-order valence-corrected chi connectivity index (χ4v) is 2.92. The average Bonchev–Trinajstić information content (AvgIpc) is 2.35. The molecule has 1 aliphatic rings. The van der Waals surface area contributed by atoms with Crippen LogP contribution in [0.15, 0.2) is 28.7 Å². The number of halogens is 4. The van der Waals surface area contributed by atoms with E-state index >= 15 is 0 Å². The standard InChI is InChI=1S/C13H12BrF3N2O3/c1-6(20)9-10(7-3-2-4-8(14)5-7)18-11(21)19-12(9,22)13(15,16)17/h2-5,9-10,22H,1H3,(H2,18,19,21)/t9-,10+,12-/m1/s1. The largest absolute Gasteiger partial charge is 0.437 e. The first-order valence-electron chi connectivity index (χ1n) is 6.20. The van der Waals surface area contributed by atoms with Gasteiger partial charge in [0, 0.05) is 4.47 Å². The number of ketones is 1. The second-order valence-corrected chi connectivity index (χ2v) is 5.90. The molecule has 0 bridgehead atoms. The van der Waals surface area contributed by atoms with Gasteiger partial charge in [0.15, 0.2) is 0 Å². The van der Waals surface area contributed by atoms with Crippen molar-refractivity contribution in [3.8, 4) is 0 Å². The molecule has 22 heavy (non-hydrogen) atoms. The Kier molecular flexibility index (Phi) is 4.22. The lowest BCUT2D eigenvalue weighted by Gasteiger charge is -2.44. The topological polar surface area (TPSA) is 78.4 Å². The van der Waals surface area contributed by atoms with Gasteiger partial charge in [0.25, 0.3) is 0 Å². The van der Waals surface area contributed by atoms with Crippen molar-refractivity contribution in [2.75, 3.05) is 0 Å². The van der Waals surface area contributed by atoms with E-state index in [1.165, 1.54) is 17.4 Å². The molecule has 1 aromatic rings. The second-order valence-electron chi connectivity index (χ2n) is 4.98. The average molecular weight is 381 g/mol. The fraction of sp³-hybridized carbons (Fsp3) is 0.385. The summed E-state index contributed by atoms with van der Waals surface area (Å²) >= 11 is 3.17. The van der Waals surface area contributed by atoms with Crippen LogP contribution in [0.3, 0.4) is 0 Å². The molecule has 0 spiro atoms. The highest BCUT2D eigenvalue weighted by atomic mass is 79.9. The van der Waals surface area contributed by atoms with E-state index in [4.69, 9.17) is 0 Å². The van der Waals surface area contributed by atoms with E-state index in [9.17, 15) is 27.9 Å². The van der Waals surface area contributed by atoms with Crippen LogP contribution in [0, 0.1) is 5.92 Å². The van der Waals surface area contributed by atoms with Crippen molar-refractivity contribution in [1.82, 2.24) is 10.6 Å². The van der Waals surface area contributed by atoms with Gasteiger partial charge in [-0.3, -0.25) is 4.79 Å². The number of aliphatic hydroxyl groups is 1. The molecule has 5 nitrogen and oxygen atoms in total. The second kappa shape index (κ2) is 5.54. The number of rotatable bonds is 2. The minimum Gasteiger partial charge on any atom is -0.363 e. The van der Waals surface area contributed by atoms with E-state index in [0.717, 1.165) is 6.92 Å². The monoisotopic (exact) mass is 380 g/mol. The van der Waals surface area contributed by atoms with E-state index in [2.05, 4.69) is 21.2 Å². The zero-order valence-corrected chi connectivity index (χ0v) is 12.8. The van der Waals surface area contributed by atoms with Crippen molar-refractivity contribution in [3.05, 3.63) is 34.3 Å². The van der Waals surface area contributed by atoms with E-state index in [1.54, 1.807) is 12.1 Å². The molecule has 3 N–H and O–H groups in total. The lowest BCUT2D eigenvalue weighted by molar-refractivity contribution is -0.290. The van der Waals surface area contributed by atoms with Crippen LogP contribution in [0.5, 0.6) is 0 Å². The number of amides is 2. The number of nitrogens with one attached hydrogen (secondary N) is 2. The molecular weight excluding hydrogens is 369 g/mol. The molecule has 1 heterocycles. The summed E-state index contributed by atoms with van der Waals surface area (Å²) < 4.78 is 40.2. The molecule has 1 aromatic carbocycles. The van der Waals surface area contributed by atoms with Crippen LogP contribution >= 0.6 is 15.9 Å². The number of alkyl halides is 3. The first-order valence-corrected chi connectivity index (χ1v) is 6.99. The Morgan fingerprint density at radius 1 is 1.41 bits per heavy atom. The summed E-state index contributed by atoms with van der Waals surface area (Å²) in [6.07, 6.45) is -5.20. The van der Waals surface area contributed by atoms with Crippen molar-refractivity contribution >= 4 is 27.7 Å². The molecule has 2 amide bonds. The van der Waals surface area contributed by atoms with Crippen LogP contribution in [0.25, 0.3) is 0 Å². The Morgan fingerprint density at radius 3 is 2.55 bits per heavy atom. The number of hydrogen-bond acceptors (Lipinski definition) is 3. The van der Waals surface area contributed by atoms with Crippen molar-refractivity contribution < 1.29 is 27.9 Å². The molecule has 2 rings (SSSR count). The summed E-state index contributed by atoms with van der Waals surface area (Å²) in [5.74, 6) is -2.82. The third-order valence-corrected chi connectivity index (χ3v) is 3.95. The van der Waals surface area contributed by atoms with Crippen molar-refractivity contribution in [2.45, 2.75) is 24.9 Å². The van der Waals surface area contributed by atoms with Gasteiger partial charge in [-0.25, -0.2) is 4.79 Å². The highest BCUT2D eigenvalue weighted by molar-refractivity contribution is 9.10. The van der Waals surface area contributed by atoms with Crippen LogP contribution < -0.4 is 10.6 Å². The summed E-state index contributed by atoms with van der Waals surface area (Å²) in [5, 5.41) is 13.7. The van der Waals surface area contributed by atoms with Crippen molar-refractivity contribution in [2.24, 2.45) is 5.92 Å². The summed E-state index contributed by atoms with van der Waals surface area (Å²) in [7, 11) is 0. The third-order valence-electron chi connectivity index (χ3n) is 3.45. The minimum absolute atomic E-state index is 0.270. The van der Waals surface area contributed by atoms with Crippen LogP contribution in [-0.2, 0) is 4.79 Å². The van der Waals surface area contributed by atoms with Gasteiger partial charge in [-0.05, 0) is 24.6 Å². The number of urea groups is 1. The van der Waals surface area contributed by atoms with Gasteiger partial charge in [0.2, 0.25) is 5.72 Å². The lowest BCUT2D eigenvalue weighted by Crippen LogP contribution is -2.72. The predicted octanol–water partition coefficient (Wildman–Crippen LogP) is 2.26. The van der Waals surface area contributed by atoms with Crippen molar-refractivity contribution in [3.63, 3.8) is 0 Å². The van der Waals surface area contributed by atoms with E-state index in [0.29, 0.717) is 4.47 Å². The normalized spacial score (nSPS) is 28.7. The minimum atomic E-state index is -5.20. The molecule has 1 saturated heterocycles. The van der Waals surface area contributed by atoms with Crippen LogP contribution in [-0.4, -0.2) is 28.8 Å². The Morgan fingerprint density at radius 2 is 2.05 bits per heavy atom.